The molecule has 11 nitrogen and oxygen atoms in total. The van der Waals surface area contributed by atoms with Crippen molar-refractivity contribution >= 4 is 27.8 Å². The number of carbonyl (C=O) groups is 3. The van der Waals surface area contributed by atoms with Crippen molar-refractivity contribution in [1.82, 2.24) is 14.9 Å². The second-order valence-electron chi connectivity index (χ2n) is 12.8. The SMILES string of the molecule is COc1cc(F)c(O[C@H]2CC[C@@](C)(C(=O)O)CC2)cc1C(=O)N[C@@H]1[C@H]2CC[C@H](C2)[C@@H]1C(=O)N[C@@H]1CCN(S(=O)(=O)C(F)(F)F)C1. The number of hydrogen-bond donors (Lipinski definition) is 3. The van der Waals surface area contributed by atoms with E-state index in [2.05, 4.69) is 10.6 Å². The van der Waals surface area contributed by atoms with Crippen molar-refractivity contribution in [3.63, 3.8) is 0 Å². The number of nitrogens with one attached hydrogen (secondary N) is 2. The molecule has 5 atom stereocenters. The summed E-state index contributed by atoms with van der Waals surface area (Å²) < 4.78 is 89.0. The van der Waals surface area contributed by atoms with Crippen molar-refractivity contribution in [2.24, 2.45) is 23.2 Å². The molecule has 1 aromatic carbocycles. The highest BCUT2D eigenvalue weighted by Gasteiger charge is 2.54. The molecule has 45 heavy (non-hydrogen) atoms. The van der Waals surface area contributed by atoms with Gasteiger partial charge >= 0.3 is 21.5 Å². The van der Waals surface area contributed by atoms with Crippen molar-refractivity contribution in [2.75, 3.05) is 20.2 Å². The first kappa shape index (κ1) is 33.2. The van der Waals surface area contributed by atoms with Crippen LogP contribution < -0.4 is 20.1 Å². The zero-order valence-corrected chi connectivity index (χ0v) is 25.7. The number of fused-ring (bicyclic) bond motifs is 2. The first-order chi connectivity index (χ1) is 21.0. The zero-order chi connectivity index (χ0) is 32.9. The standard InChI is InChI=1S/C29H37F4N3O8S/c1-28(27(39)40)8-5-18(6-9-28)44-22-12-19(21(43-2)13-20(22)30)25(37)35-24-16-4-3-15(11-16)23(24)26(38)34-17-7-10-36(14-17)45(41,42)29(31,32)33/h12-13,15-18,23-24H,3-11,14H2,1-2H3,(H,34,38)(H,35,37)(H,39,40)/t15-,16+,17-,18-,23+,24-,28+/m1/s1. The third kappa shape index (κ3) is 6.44. The Hall–Kier alpha value is -3.14. The first-order valence-corrected chi connectivity index (χ1v) is 16.4. The fourth-order valence-electron chi connectivity index (χ4n) is 7.33. The molecule has 4 fully saturated rings. The van der Waals surface area contributed by atoms with Crippen LogP contribution in [0.1, 0.15) is 68.6 Å². The van der Waals surface area contributed by atoms with Crippen LogP contribution in [0.3, 0.4) is 0 Å². The van der Waals surface area contributed by atoms with Crippen LogP contribution in [0.5, 0.6) is 11.5 Å². The molecular formula is C29H37F4N3O8S. The molecule has 4 aliphatic rings. The molecule has 1 aliphatic heterocycles. The Bertz CT molecular complexity index is 1450. The maximum atomic E-state index is 15.0. The van der Waals surface area contributed by atoms with E-state index in [0.29, 0.717) is 36.4 Å². The Morgan fingerprint density at radius 1 is 1.02 bits per heavy atom. The van der Waals surface area contributed by atoms with Gasteiger partial charge in [-0.15, -0.1) is 0 Å². The smallest absolute Gasteiger partial charge is 0.496 e. The minimum Gasteiger partial charge on any atom is -0.496 e. The Labute approximate surface area is 258 Å². The van der Waals surface area contributed by atoms with E-state index >= 15 is 0 Å². The summed E-state index contributed by atoms with van der Waals surface area (Å²) in [6, 6.07) is 0.833. The number of methoxy groups -OCH3 is 1. The summed E-state index contributed by atoms with van der Waals surface area (Å²) in [5.74, 6) is -3.79. The zero-order valence-electron chi connectivity index (χ0n) is 24.9. The van der Waals surface area contributed by atoms with Crippen LogP contribution in [0.2, 0.25) is 0 Å². The molecule has 250 valence electrons. The van der Waals surface area contributed by atoms with E-state index < -0.39 is 75.2 Å². The number of sulfonamides is 1. The molecule has 0 spiro atoms. The van der Waals surface area contributed by atoms with Crippen molar-refractivity contribution in [2.45, 2.75) is 82.0 Å². The van der Waals surface area contributed by atoms with Gasteiger partial charge in [-0.3, -0.25) is 14.4 Å². The summed E-state index contributed by atoms with van der Waals surface area (Å²) in [5.41, 5.74) is -6.34. The Kier molecular flexibility index (Phi) is 9.03. The quantitative estimate of drug-likeness (QED) is 0.340. The molecule has 2 amide bonds. The fourth-order valence-corrected chi connectivity index (χ4v) is 8.34. The third-order valence-corrected chi connectivity index (χ3v) is 11.6. The second kappa shape index (κ2) is 12.2. The molecule has 3 aliphatic carbocycles. The molecular weight excluding hydrogens is 626 g/mol. The molecule has 2 bridgehead atoms. The lowest BCUT2D eigenvalue weighted by atomic mass is 9.75. The number of nitrogens with zero attached hydrogens (tertiary/aromatic N) is 1. The largest absolute Gasteiger partial charge is 0.511 e. The van der Waals surface area contributed by atoms with Gasteiger partial charge in [-0.05, 0) is 76.2 Å². The molecule has 0 radical (unpaired) electrons. The van der Waals surface area contributed by atoms with Crippen LogP contribution in [-0.2, 0) is 19.6 Å². The van der Waals surface area contributed by atoms with Crippen LogP contribution in [0.25, 0.3) is 0 Å². The molecule has 16 heteroatoms. The van der Waals surface area contributed by atoms with E-state index in [4.69, 9.17) is 9.47 Å². The van der Waals surface area contributed by atoms with Crippen LogP contribution in [0.15, 0.2) is 12.1 Å². The maximum absolute atomic E-state index is 15.0. The van der Waals surface area contributed by atoms with E-state index in [9.17, 15) is 45.5 Å². The Morgan fingerprint density at radius 2 is 1.69 bits per heavy atom. The van der Waals surface area contributed by atoms with Gasteiger partial charge in [0.25, 0.3) is 5.91 Å². The van der Waals surface area contributed by atoms with Gasteiger partial charge < -0.3 is 25.2 Å². The van der Waals surface area contributed by atoms with Gasteiger partial charge in [0.15, 0.2) is 11.6 Å². The first-order valence-electron chi connectivity index (χ1n) is 15.0. The van der Waals surface area contributed by atoms with Crippen molar-refractivity contribution in [1.29, 1.82) is 0 Å². The molecule has 1 saturated heterocycles. The van der Waals surface area contributed by atoms with Crippen molar-refractivity contribution in [3.05, 3.63) is 23.5 Å². The lowest BCUT2D eigenvalue weighted by Crippen LogP contribution is -2.52. The monoisotopic (exact) mass is 663 g/mol. The molecule has 5 rings (SSSR count). The Morgan fingerprint density at radius 3 is 2.31 bits per heavy atom. The molecule has 3 saturated carbocycles. The molecule has 3 N–H and O–H groups in total. The molecule has 0 aromatic heterocycles. The minimum absolute atomic E-state index is 0.0188. The third-order valence-electron chi connectivity index (χ3n) is 9.99. The number of alkyl halides is 3. The number of amides is 2. The van der Waals surface area contributed by atoms with Gasteiger partial charge in [0.05, 0.1) is 30.1 Å². The van der Waals surface area contributed by atoms with Gasteiger partial charge in [0.1, 0.15) is 5.75 Å². The fraction of sp³-hybridized carbons (Fsp3) is 0.690. The van der Waals surface area contributed by atoms with Gasteiger partial charge in [-0.25, -0.2) is 12.8 Å². The predicted octanol–water partition coefficient (Wildman–Crippen LogP) is 3.43. The number of benzene rings is 1. The number of carbonyl (C=O) groups excluding carboxylic acids is 2. The number of carboxylic acid groups (broad SMARTS) is 1. The summed E-state index contributed by atoms with van der Waals surface area (Å²) >= 11 is 0. The lowest BCUT2D eigenvalue weighted by Gasteiger charge is -2.34. The van der Waals surface area contributed by atoms with Crippen molar-refractivity contribution in [3.8, 4) is 11.5 Å². The second-order valence-corrected chi connectivity index (χ2v) is 14.8. The molecule has 1 heterocycles. The van der Waals surface area contributed by atoms with Crippen molar-refractivity contribution < 1.29 is 54.9 Å². The minimum atomic E-state index is -5.51. The number of ether oxygens (including phenoxy) is 2. The van der Waals surface area contributed by atoms with Crippen LogP contribution in [0, 0.1) is 29.0 Å². The summed E-state index contributed by atoms with van der Waals surface area (Å²) in [6.07, 6.45) is 3.19. The highest BCUT2D eigenvalue weighted by Crippen LogP contribution is 2.49. The van der Waals surface area contributed by atoms with Gasteiger partial charge in [0, 0.05) is 31.2 Å². The average molecular weight is 664 g/mol. The summed E-state index contributed by atoms with van der Waals surface area (Å²) in [6.45, 7) is 0.779. The van der Waals surface area contributed by atoms with E-state index in [0.717, 1.165) is 18.9 Å². The number of rotatable bonds is 9. The van der Waals surface area contributed by atoms with Gasteiger partial charge in [-0.1, -0.05) is 0 Å². The Balaban J connectivity index is 1.27. The summed E-state index contributed by atoms with van der Waals surface area (Å²) in [7, 11) is -4.23. The number of hydrogen-bond acceptors (Lipinski definition) is 7. The number of carboxylic acids is 1. The summed E-state index contributed by atoms with van der Waals surface area (Å²) in [5, 5.41) is 15.1. The molecule has 1 aromatic rings. The van der Waals surface area contributed by atoms with Gasteiger partial charge in [0.2, 0.25) is 5.91 Å². The average Bonchev–Trinajstić information content (AvgIpc) is 3.71. The summed E-state index contributed by atoms with van der Waals surface area (Å²) in [4.78, 5) is 38.6. The van der Waals surface area contributed by atoms with E-state index in [1.165, 1.54) is 13.2 Å². The van der Waals surface area contributed by atoms with Crippen LogP contribution in [0.4, 0.5) is 17.6 Å². The van der Waals surface area contributed by atoms with Gasteiger partial charge in [-0.2, -0.15) is 17.5 Å². The predicted molar refractivity (Wildman–Crippen MR) is 150 cm³/mol. The topological polar surface area (TPSA) is 151 Å². The van der Waals surface area contributed by atoms with E-state index in [-0.39, 0.29) is 41.9 Å². The number of aliphatic carboxylic acids is 1. The number of halogens is 4. The lowest BCUT2D eigenvalue weighted by molar-refractivity contribution is -0.150. The highest BCUT2D eigenvalue weighted by molar-refractivity contribution is 7.90. The van der Waals surface area contributed by atoms with E-state index in [1.54, 1.807) is 6.92 Å². The molecule has 0 unspecified atom stereocenters. The normalized spacial score (nSPS) is 31.9. The van der Waals surface area contributed by atoms with Crippen LogP contribution >= 0.6 is 0 Å². The highest BCUT2D eigenvalue weighted by atomic mass is 32.2. The maximum Gasteiger partial charge on any atom is 0.511 e. The van der Waals surface area contributed by atoms with Crippen LogP contribution in [-0.4, -0.2) is 79.5 Å². The van der Waals surface area contributed by atoms with E-state index in [1.807, 2.05) is 0 Å².